The molecule has 1 aliphatic carbocycles. The van der Waals surface area contributed by atoms with Crippen molar-refractivity contribution in [1.82, 2.24) is 0 Å². The van der Waals surface area contributed by atoms with Gasteiger partial charge in [-0.1, -0.05) is 42.5 Å². The Labute approximate surface area is 134 Å². The van der Waals surface area contributed by atoms with Crippen LogP contribution in [0.5, 0.6) is 0 Å². The smallest absolute Gasteiger partial charge is 0.257 e. The SMILES string of the molecule is Cc1c(F)cccc1N(O)C(=O)C1C=C(c2ccccc2)CC1. The zero-order valence-corrected chi connectivity index (χ0v) is 12.9. The third kappa shape index (κ3) is 3.03. The molecule has 3 rings (SSSR count). The van der Waals surface area contributed by atoms with E-state index in [2.05, 4.69) is 0 Å². The van der Waals surface area contributed by atoms with Crippen LogP contribution in [0.4, 0.5) is 10.1 Å². The van der Waals surface area contributed by atoms with E-state index in [4.69, 9.17) is 0 Å². The molecular formula is C19H18FNO2. The second-order valence-corrected chi connectivity index (χ2v) is 5.74. The van der Waals surface area contributed by atoms with E-state index >= 15 is 0 Å². The fraction of sp³-hybridized carbons (Fsp3) is 0.211. The first kappa shape index (κ1) is 15.4. The molecule has 2 aromatic carbocycles. The summed E-state index contributed by atoms with van der Waals surface area (Å²) in [5.41, 5.74) is 2.65. The van der Waals surface area contributed by atoms with Crippen molar-refractivity contribution in [1.29, 1.82) is 0 Å². The van der Waals surface area contributed by atoms with E-state index in [1.165, 1.54) is 18.2 Å². The van der Waals surface area contributed by atoms with Gasteiger partial charge < -0.3 is 0 Å². The van der Waals surface area contributed by atoms with Gasteiger partial charge in [-0.25, -0.2) is 4.39 Å². The third-order valence-corrected chi connectivity index (χ3v) is 4.26. The Hall–Kier alpha value is -2.46. The molecule has 2 aromatic rings. The van der Waals surface area contributed by atoms with Gasteiger partial charge in [0.05, 0.1) is 11.6 Å². The Morgan fingerprint density at radius 1 is 1.17 bits per heavy atom. The van der Waals surface area contributed by atoms with Gasteiger partial charge >= 0.3 is 0 Å². The summed E-state index contributed by atoms with van der Waals surface area (Å²) in [6, 6.07) is 14.2. The van der Waals surface area contributed by atoms with Crippen molar-refractivity contribution in [3.63, 3.8) is 0 Å². The van der Waals surface area contributed by atoms with Crippen LogP contribution in [0.2, 0.25) is 0 Å². The lowest BCUT2D eigenvalue weighted by Crippen LogP contribution is -2.32. The third-order valence-electron chi connectivity index (χ3n) is 4.26. The van der Waals surface area contributed by atoms with Gasteiger partial charge in [-0.15, -0.1) is 0 Å². The second kappa shape index (κ2) is 6.34. The second-order valence-electron chi connectivity index (χ2n) is 5.74. The number of amides is 1. The van der Waals surface area contributed by atoms with E-state index in [0.717, 1.165) is 17.6 Å². The van der Waals surface area contributed by atoms with Crippen molar-refractivity contribution in [3.05, 3.63) is 71.6 Å². The van der Waals surface area contributed by atoms with E-state index in [9.17, 15) is 14.4 Å². The number of hydrogen-bond acceptors (Lipinski definition) is 2. The van der Waals surface area contributed by atoms with Crippen molar-refractivity contribution in [2.45, 2.75) is 19.8 Å². The molecule has 1 amide bonds. The average Bonchev–Trinajstić information content (AvgIpc) is 3.07. The number of hydroxylamine groups is 1. The molecule has 0 heterocycles. The Morgan fingerprint density at radius 2 is 1.91 bits per heavy atom. The summed E-state index contributed by atoms with van der Waals surface area (Å²) in [4.78, 5) is 12.5. The van der Waals surface area contributed by atoms with E-state index in [1.807, 2.05) is 36.4 Å². The number of allylic oxidation sites excluding steroid dienone is 1. The zero-order chi connectivity index (χ0) is 16.4. The minimum atomic E-state index is -0.443. The minimum absolute atomic E-state index is 0.191. The standard InChI is InChI=1S/C19H18FNO2/c1-13-17(20)8-5-9-18(13)21(23)19(22)16-11-10-15(12-16)14-6-3-2-4-7-14/h2-9,12,16,23H,10-11H2,1H3. The van der Waals surface area contributed by atoms with Crippen LogP contribution in [0, 0.1) is 18.7 Å². The van der Waals surface area contributed by atoms with Gasteiger partial charge in [0.15, 0.2) is 0 Å². The van der Waals surface area contributed by atoms with Crippen LogP contribution in [-0.2, 0) is 4.79 Å². The number of hydrogen-bond donors (Lipinski definition) is 1. The summed E-state index contributed by atoms with van der Waals surface area (Å²) in [5, 5.41) is 10.8. The van der Waals surface area contributed by atoms with Gasteiger partial charge in [-0.05, 0) is 43.0 Å². The number of halogens is 1. The maximum absolute atomic E-state index is 13.6. The molecule has 0 fully saturated rings. The molecule has 1 atom stereocenters. The number of benzene rings is 2. The van der Waals surface area contributed by atoms with Crippen LogP contribution in [0.3, 0.4) is 0 Å². The average molecular weight is 311 g/mol. The summed E-state index contributed by atoms with van der Waals surface area (Å²) in [5.74, 6) is -1.26. The summed E-state index contributed by atoms with van der Waals surface area (Å²) in [6.07, 6.45) is 3.33. The van der Waals surface area contributed by atoms with Crippen molar-refractivity contribution < 1.29 is 14.4 Å². The van der Waals surface area contributed by atoms with Gasteiger partial charge in [0.25, 0.3) is 5.91 Å². The van der Waals surface area contributed by atoms with E-state index < -0.39 is 17.6 Å². The highest BCUT2D eigenvalue weighted by Gasteiger charge is 2.28. The maximum Gasteiger partial charge on any atom is 0.257 e. The molecule has 0 saturated carbocycles. The van der Waals surface area contributed by atoms with E-state index in [1.54, 1.807) is 6.92 Å². The minimum Gasteiger partial charge on any atom is -0.281 e. The molecule has 4 heteroatoms. The fourth-order valence-corrected chi connectivity index (χ4v) is 2.91. The molecule has 23 heavy (non-hydrogen) atoms. The topological polar surface area (TPSA) is 40.5 Å². The quantitative estimate of drug-likeness (QED) is 0.676. The van der Waals surface area contributed by atoms with Crippen LogP contribution in [-0.4, -0.2) is 11.1 Å². The van der Waals surface area contributed by atoms with Crippen molar-refractivity contribution in [2.24, 2.45) is 5.92 Å². The van der Waals surface area contributed by atoms with E-state index in [-0.39, 0.29) is 11.3 Å². The van der Waals surface area contributed by atoms with Crippen molar-refractivity contribution >= 4 is 17.2 Å². The largest absolute Gasteiger partial charge is 0.281 e. The highest BCUT2D eigenvalue weighted by Crippen LogP contribution is 2.33. The van der Waals surface area contributed by atoms with Crippen LogP contribution < -0.4 is 5.06 Å². The number of nitrogens with zero attached hydrogens (tertiary/aromatic N) is 1. The van der Waals surface area contributed by atoms with Crippen molar-refractivity contribution in [2.75, 3.05) is 5.06 Å². The number of carbonyl (C=O) groups excluding carboxylic acids is 1. The first-order valence-corrected chi connectivity index (χ1v) is 7.62. The highest BCUT2D eigenvalue weighted by molar-refractivity contribution is 5.96. The number of anilines is 1. The first-order chi connectivity index (χ1) is 11.1. The molecule has 1 N–H and O–H groups in total. The highest BCUT2D eigenvalue weighted by atomic mass is 19.1. The molecule has 0 bridgehead atoms. The molecule has 3 nitrogen and oxygen atoms in total. The summed E-state index contributed by atoms with van der Waals surface area (Å²) in [7, 11) is 0. The number of rotatable bonds is 3. The molecule has 1 unspecified atom stereocenters. The Morgan fingerprint density at radius 3 is 2.65 bits per heavy atom. The van der Waals surface area contributed by atoms with Crippen molar-refractivity contribution in [3.8, 4) is 0 Å². The predicted molar refractivity (Wildman–Crippen MR) is 87.6 cm³/mol. The summed E-state index contributed by atoms with van der Waals surface area (Å²) < 4.78 is 13.6. The van der Waals surface area contributed by atoms with Gasteiger partial charge in [-0.3, -0.25) is 10.0 Å². The molecule has 118 valence electrons. The first-order valence-electron chi connectivity index (χ1n) is 7.62. The van der Waals surface area contributed by atoms with Crippen LogP contribution in [0.15, 0.2) is 54.6 Å². The van der Waals surface area contributed by atoms with Gasteiger partial charge in [-0.2, -0.15) is 5.06 Å². The lowest BCUT2D eigenvalue weighted by atomic mass is 10.1. The molecular weight excluding hydrogens is 293 g/mol. The normalized spacial score (nSPS) is 17.0. The Bertz CT molecular complexity index is 755. The summed E-state index contributed by atoms with van der Waals surface area (Å²) in [6.45, 7) is 1.54. The van der Waals surface area contributed by atoms with E-state index in [0.29, 0.717) is 11.5 Å². The molecule has 0 aromatic heterocycles. The zero-order valence-electron chi connectivity index (χ0n) is 12.9. The lowest BCUT2D eigenvalue weighted by molar-refractivity contribution is -0.126. The van der Waals surface area contributed by atoms with Crippen LogP contribution >= 0.6 is 0 Å². The molecule has 0 radical (unpaired) electrons. The van der Waals surface area contributed by atoms with Crippen LogP contribution in [0.1, 0.15) is 24.0 Å². The van der Waals surface area contributed by atoms with Crippen LogP contribution in [0.25, 0.3) is 5.57 Å². The Kier molecular flexibility index (Phi) is 4.26. The lowest BCUT2D eigenvalue weighted by Gasteiger charge is -2.20. The number of carbonyl (C=O) groups is 1. The summed E-state index contributed by atoms with van der Waals surface area (Å²) >= 11 is 0. The maximum atomic E-state index is 13.6. The Balaban J connectivity index is 1.81. The molecule has 0 saturated heterocycles. The fourth-order valence-electron chi connectivity index (χ4n) is 2.91. The van der Waals surface area contributed by atoms with Gasteiger partial charge in [0, 0.05) is 5.56 Å². The molecule has 0 aliphatic heterocycles. The monoisotopic (exact) mass is 311 g/mol. The van der Waals surface area contributed by atoms with Gasteiger partial charge in [0.1, 0.15) is 5.82 Å². The molecule has 0 spiro atoms. The predicted octanol–water partition coefficient (Wildman–Crippen LogP) is 4.35. The van der Waals surface area contributed by atoms with Gasteiger partial charge in [0.2, 0.25) is 0 Å². The molecule has 1 aliphatic rings.